The number of carbonyl (C=O) groups is 3. The Kier molecular flexibility index (Phi) is 7.67. The lowest BCUT2D eigenvalue weighted by Crippen LogP contribution is -2.54. The predicted molar refractivity (Wildman–Crippen MR) is 127 cm³/mol. The molecule has 1 heterocycles. The molecule has 2 amide bonds. The van der Waals surface area contributed by atoms with Crippen molar-refractivity contribution in [2.75, 3.05) is 26.9 Å². The van der Waals surface area contributed by atoms with Gasteiger partial charge in [-0.2, -0.15) is 0 Å². The van der Waals surface area contributed by atoms with Gasteiger partial charge in [0.15, 0.2) is 0 Å². The fourth-order valence-electron chi connectivity index (χ4n) is 4.64. The molecule has 1 aliphatic carbocycles. The number of methoxy groups -OCH3 is 1. The van der Waals surface area contributed by atoms with Gasteiger partial charge in [0.2, 0.25) is 5.91 Å². The zero-order chi connectivity index (χ0) is 24.9. The van der Waals surface area contributed by atoms with Gasteiger partial charge >= 0.3 is 12.1 Å². The van der Waals surface area contributed by atoms with E-state index in [-0.39, 0.29) is 25.7 Å². The number of rotatable bonds is 9. The van der Waals surface area contributed by atoms with Crippen molar-refractivity contribution in [3.63, 3.8) is 0 Å². The molecule has 2 unspecified atom stereocenters. The van der Waals surface area contributed by atoms with Crippen molar-refractivity contribution < 1.29 is 33.7 Å². The van der Waals surface area contributed by atoms with Crippen LogP contribution in [0.15, 0.2) is 48.5 Å². The molecular weight excluding hydrogens is 452 g/mol. The molecule has 4 atom stereocenters. The van der Waals surface area contributed by atoms with E-state index in [1.807, 2.05) is 36.4 Å². The van der Waals surface area contributed by atoms with Crippen molar-refractivity contribution in [1.82, 2.24) is 10.6 Å². The first kappa shape index (κ1) is 24.7. The van der Waals surface area contributed by atoms with E-state index in [0.29, 0.717) is 6.42 Å². The van der Waals surface area contributed by atoms with E-state index in [0.717, 1.165) is 22.3 Å². The monoisotopic (exact) mass is 482 g/mol. The van der Waals surface area contributed by atoms with Crippen molar-refractivity contribution in [2.24, 2.45) is 5.92 Å². The van der Waals surface area contributed by atoms with E-state index in [9.17, 15) is 14.4 Å². The first-order valence-corrected chi connectivity index (χ1v) is 11.7. The number of alkyl carbamates (subject to hydrolysis) is 1. The number of amides is 2. The van der Waals surface area contributed by atoms with Crippen LogP contribution in [0, 0.1) is 5.92 Å². The molecule has 1 fully saturated rings. The molecule has 9 nitrogen and oxygen atoms in total. The number of carboxylic acids is 1. The van der Waals surface area contributed by atoms with Gasteiger partial charge in [0.25, 0.3) is 0 Å². The number of benzene rings is 2. The third-order valence-electron chi connectivity index (χ3n) is 6.67. The van der Waals surface area contributed by atoms with E-state index in [1.165, 1.54) is 7.11 Å². The lowest BCUT2D eigenvalue weighted by atomic mass is 9.98. The van der Waals surface area contributed by atoms with E-state index < -0.39 is 42.1 Å². The zero-order valence-corrected chi connectivity index (χ0v) is 19.7. The van der Waals surface area contributed by atoms with Crippen molar-refractivity contribution in [3.8, 4) is 11.1 Å². The van der Waals surface area contributed by atoms with Crippen LogP contribution in [0.3, 0.4) is 0 Å². The van der Waals surface area contributed by atoms with Crippen LogP contribution in [0.4, 0.5) is 4.79 Å². The summed E-state index contributed by atoms with van der Waals surface area (Å²) in [7, 11) is 1.45. The highest BCUT2D eigenvalue weighted by Gasteiger charge is 2.33. The zero-order valence-electron chi connectivity index (χ0n) is 19.7. The largest absolute Gasteiger partial charge is 0.481 e. The van der Waals surface area contributed by atoms with Crippen LogP contribution in [0.2, 0.25) is 0 Å². The van der Waals surface area contributed by atoms with Crippen LogP contribution >= 0.6 is 0 Å². The molecule has 0 spiro atoms. The number of hydrogen-bond acceptors (Lipinski definition) is 6. The molecule has 2 aromatic rings. The van der Waals surface area contributed by atoms with Gasteiger partial charge in [0.1, 0.15) is 12.6 Å². The number of carbonyl (C=O) groups excluding carboxylic acids is 2. The summed E-state index contributed by atoms with van der Waals surface area (Å²) in [6, 6.07) is 15.1. The van der Waals surface area contributed by atoms with Crippen LogP contribution in [0.5, 0.6) is 0 Å². The van der Waals surface area contributed by atoms with E-state index in [1.54, 1.807) is 6.92 Å². The summed E-state index contributed by atoms with van der Waals surface area (Å²) in [4.78, 5) is 36.6. The van der Waals surface area contributed by atoms with Crippen molar-refractivity contribution in [3.05, 3.63) is 59.7 Å². The molecule has 3 N–H and O–H groups in total. The number of ether oxygens (including phenoxy) is 3. The second kappa shape index (κ2) is 10.9. The number of carboxylic acid groups (broad SMARTS) is 1. The Balaban J connectivity index is 1.34. The highest BCUT2D eigenvalue weighted by molar-refractivity contribution is 5.86. The van der Waals surface area contributed by atoms with Gasteiger partial charge < -0.3 is 30.0 Å². The van der Waals surface area contributed by atoms with Gasteiger partial charge in [-0.15, -0.1) is 0 Å². The smallest absolute Gasteiger partial charge is 0.407 e. The SMILES string of the molecule is CO[C@H](C)[C@H](NC(=O)OCC1c2ccccc2-c2ccccc21)C(=O)NCC1CC(C(=O)O)CO1. The maximum atomic E-state index is 12.8. The Morgan fingerprint density at radius 3 is 2.29 bits per heavy atom. The molecule has 2 aliphatic rings. The second-order valence-corrected chi connectivity index (χ2v) is 8.86. The van der Waals surface area contributed by atoms with E-state index in [2.05, 4.69) is 22.8 Å². The third kappa shape index (κ3) is 5.47. The summed E-state index contributed by atoms with van der Waals surface area (Å²) in [5.41, 5.74) is 4.44. The molecule has 0 bridgehead atoms. The molecule has 0 saturated carbocycles. The van der Waals surface area contributed by atoms with Gasteiger partial charge in [-0.3, -0.25) is 9.59 Å². The van der Waals surface area contributed by atoms with Crippen LogP contribution in [0.1, 0.15) is 30.4 Å². The van der Waals surface area contributed by atoms with Gasteiger partial charge in [0.05, 0.1) is 24.7 Å². The van der Waals surface area contributed by atoms with Crippen LogP contribution in [-0.4, -0.2) is 68.2 Å². The van der Waals surface area contributed by atoms with Gasteiger partial charge in [0, 0.05) is 19.6 Å². The lowest BCUT2D eigenvalue weighted by Gasteiger charge is -2.24. The number of hydrogen-bond donors (Lipinski definition) is 3. The summed E-state index contributed by atoms with van der Waals surface area (Å²) in [6.07, 6.45) is -1.42. The van der Waals surface area contributed by atoms with Crippen LogP contribution in [-0.2, 0) is 23.8 Å². The predicted octanol–water partition coefficient (Wildman–Crippen LogP) is 2.53. The molecule has 1 saturated heterocycles. The molecule has 2 aromatic carbocycles. The van der Waals surface area contributed by atoms with Gasteiger partial charge in [-0.25, -0.2) is 4.79 Å². The fourth-order valence-corrected chi connectivity index (χ4v) is 4.64. The van der Waals surface area contributed by atoms with E-state index >= 15 is 0 Å². The highest BCUT2D eigenvalue weighted by Crippen LogP contribution is 2.44. The molecule has 35 heavy (non-hydrogen) atoms. The quantitative estimate of drug-likeness (QED) is 0.502. The van der Waals surface area contributed by atoms with Gasteiger partial charge in [-0.05, 0) is 35.6 Å². The summed E-state index contributed by atoms with van der Waals surface area (Å²) in [5.74, 6) is -2.05. The average Bonchev–Trinajstić information content (AvgIpc) is 3.47. The topological polar surface area (TPSA) is 123 Å². The van der Waals surface area contributed by atoms with Crippen LogP contribution < -0.4 is 10.6 Å². The third-order valence-corrected chi connectivity index (χ3v) is 6.67. The normalized spacial score (nSPS) is 20.4. The lowest BCUT2D eigenvalue weighted by molar-refractivity contribution is -0.141. The maximum Gasteiger partial charge on any atom is 0.407 e. The second-order valence-electron chi connectivity index (χ2n) is 8.86. The molecule has 1 aliphatic heterocycles. The minimum atomic E-state index is -0.993. The average molecular weight is 483 g/mol. The Bertz CT molecular complexity index is 1040. The van der Waals surface area contributed by atoms with E-state index in [4.69, 9.17) is 19.3 Å². The van der Waals surface area contributed by atoms with Crippen LogP contribution in [0.25, 0.3) is 11.1 Å². The Morgan fingerprint density at radius 2 is 1.71 bits per heavy atom. The summed E-state index contributed by atoms with van der Waals surface area (Å²) < 4.78 is 16.3. The van der Waals surface area contributed by atoms with Gasteiger partial charge in [-0.1, -0.05) is 48.5 Å². The number of fused-ring (bicyclic) bond motifs is 3. The summed E-state index contributed by atoms with van der Waals surface area (Å²) >= 11 is 0. The molecule has 0 aromatic heterocycles. The molecule has 0 radical (unpaired) electrons. The summed E-state index contributed by atoms with van der Waals surface area (Å²) in [6.45, 7) is 2.05. The van der Waals surface area contributed by atoms with Crippen molar-refractivity contribution in [1.29, 1.82) is 0 Å². The Morgan fingerprint density at radius 1 is 1.09 bits per heavy atom. The first-order chi connectivity index (χ1) is 16.9. The Hall–Kier alpha value is -3.43. The van der Waals surface area contributed by atoms with Crippen molar-refractivity contribution in [2.45, 2.75) is 37.5 Å². The minimum absolute atomic E-state index is 0.0954. The molecule has 186 valence electrons. The summed E-state index contributed by atoms with van der Waals surface area (Å²) in [5, 5.41) is 14.4. The number of aliphatic carboxylic acids is 1. The first-order valence-electron chi connectivity index (χ1n) is 11.7. The van der Waals surface area contributed by atoms with Crippen molar-refractivity contribution >= 4 is 18.0 Å². The molecule has 4 rings (SSSR count). The molecular formula is C26H30N2O7. The fraction of sp³-hybridized carbons (Fsp3) is 0.423. The standard InChI is InChI=1S/C26H30N2O7/c1-15(33-2)23(24(29)27-12-17-11-16(13-34-17)25(30)31)28-26(32)35-14-22-20-9-5-3-7-18(20)19-8-4-6-10-21(19)22/h3-10,15-17,22-23H,11-14H2,1-2H3,(H,27,29)(H,28,32)(H,30,31)/t15-,16?,17?,23+/m1/s1. The minimum Gasteiger partial charge on any atom is -0.481 e. The molecule has 9 heteroatoms. The highest BCUT2D eigenvalue weighted by atomic mass is 16.5. The number of nitrogens with one attached hydrogen (secondary N) is 2. The maximum absolute atomic E-state index is 12.8. The Labute approximate surface area is 203 Å².